The Morgan fingerprint density at radius 2 is 1.83 bits per heavy atom. The Labute approximate surface area is 186 Å². The average molecular weight is 414 g/mol. The maximum absolute atomic E-state index is 9.80. The summed E-state index contributed by atoms with van der Waals surface area (Å²) in [6, 6.07) is 0. The van der Waals surface area contributed by atoms with E-state index in [0.717, 1.165) is 61.0 Å². The van der Waals surface area contributed by atoms with E-state index >= 15 is 0 Å². The molecular formula is C28H47NO. The Morgan fingerprint density at radius 3 is 2.50 bits per heavy atom. The van der Waals surface area contributed by atoms with Crippen molar-refractivity contribution in [3.05, 3.63) is 0 Å². The van der Waals surface area contributed by atoms with Crippen LogP contribution < -0.4 is 0 Å². The number of oxime groups is 1. The zero-order valence-electron chi connectivity index (χ0n) is 20.4. The molecule has 170 valence electrons. The Hall–Kier alpha value is -0.970. The maximum Gasteiger partial charge on any atom is 0.0632 e. The summed E-state index contributed by atoms with van der Waals surface area (Å²) in [7, 11) is 0. The fraction of sp³-hybridized carbons (Fsp3) is 0.893. The summed E-state index contributed by atoms with van der Waals surface area (Å²) in [6.07, 6.45) is 20.4. The van der Waals surface area contributed by atoms with E-state index in [0.29, 0.717) is 11.3 Å². The van der Waals surface area contributed by atoms with Gasteiger partial charge >= 0.3 is 0 Å². The highest BCUT2D eigenvalue weighted by Gasteiger charge is 2.59. The monoisotopic (exact) mass is 413 g/mol. The predicted molar refractivity (Wildman–Crippen MR) is 128 cm³/mol. The van der Waals surface area contributed by atoms with Crippen molar-refractivity contribution < 1.29 is 5.21 Å². The first-order chi connectivity index (χ1) is 14.3. The second-order valence-electron chi connectivity index (χ2n) is 12.0. The lowest BCUT2D eigenvalue weighted by Gasteiger charge is -2.57. The number of hydrogen-bond donors (Lipinski definition) is 1. The summed E-state index contributed by atoms with van der Waals surface area (Å²) < 4.78 is 0. The van der Waals surface area contributed by atoms with E-state index in [4.69, 9.17) is 6.42 Å². The van der Waals surface area contributed by atoms with Crippen LogP contribution in [0.1, 0.15) is 112 Å². The fourth-order valence-electron chi connectivity index (χ4n) is 8.36. The van der Waals surface area contributed by atoms with Gasteiger partial charge in [0.05, 0.1) is 5.71 Å². The molecule has 0 heterocycles. The van der Waals surface area contributed by atoms with Gasteiger partial charge in [-0.25, -0.2) is 0 Å². The molecule has 0 bridgehead atoms. The summed E-state index contributed by atoms with van der Waals surface area (Å²) in [4.78, 5) is 0. The van der Waals surface area contributed by atoms with E-state index < -0.39 is 0 Å². The third-order valence-electron chi connectivity index (χ3n) is 9.97. The third kappa shape index (κ3) is 4.33. The first-order valence-corrected chi connectivity index (χ1v) is 12.9. The van der Waals surface area contributed by atoms with Gasteiger partial charge < -0.3 is 5.21 Å². The lowest BCUT2D eigenvalue weighted by molar-refractivity contribution is -0.0451. The van der Waals surface area contributed by atoms with Crippen LogP contribution in [0.25, 0.3) is 0 Å². The Balaban J connectivity index is 1.74. The number of nitrogens with zero attached hydrogens (tertiary/aromatic N) is 1. The lowest BCUT2D eigenvalue weighted by Crippen LogP contribution is -2.52. The zero-order valence-corrected chi connectivity index (χ0v) is 20.4. The van der Waals surface area contributed by atoms with Crippen LogP contribution >= 0.6 is 0 Å². The molecule has 0 radical (unpaired) electrons. The van der Waals surface area contributed by atoms with Crippen molar-refractivity contribution in [2.45, 2.75) is 112 Å². The lowest BCUT2D eigenvalue weighted by atomic mass is 9.47. The topological polar surface area (TPSA) is 32.6 Å². The summed E-state index contributed by atoms with van der Waals surface area (Å²) in [5.41, 5.74) is 1.61. The molecule has 0 amide bonds. The highest BCUT2D eigenvalue weighted by Crippen LogP contribution is 2.66. The molecule has 7 atom stereocenters. The van der Waals surface area contributed by atoms with Crippen molar-refractivity contribution in [3.63, 3.8) is 0 Å². The number of fused-ring (bicyclic) bond motifs is 3. The van der Waals surface area contributed by atoms with Gasteiger partial charge in [0.25, 0.3) is 0 Å². The highest BCUT2D eigenvalue weighted by atomic mass is 16.4. The van der Waals surface area contributed by atoms with Gasteiger partial charge in [-0.05, 0) is 92.3 Å². The molecule has 0 aromatic rings. The minimum absolute atomic E-state index is 0.0385. The normalized spacial score (nSPS) is 40.8. The minimum atomic E-state index is 0.0385. The van der Waals surface area contributed by atoms with Gasteiger partial charge in [0.1, 0.15) is 0 Å². The zero-order chi connectivity index (χ0) is 21.9. The first-order valence-electron chi connectivity index (χ1n) is 12.9. The molecule has 3 saturated carbocycles. The van der Waals surface area contributed by atoms with Crippen LogP contribution in [0.3, 0.4) is 0 Å². The standard InChI is InChI=1S/C28H47NO/c1-7-8-9-18-28(6)25-17-19-27(5)23(21(4)12-10-11-20(2)3)14-15-24(27)22(25)13-16-26(28)29-30/h1,20-25,30H,8-19H2,2-6H3/t21-,22+,23-,24+,25+,27-,28-/m1/s1. The first kappa shape index (κ1) is 23.7. The van der Waals surface area contributed by atoms with Gasteiger partial charge in [-0.1, -0.05) is 59.0 Å². The highest BCUT2D eigenvalue weighted by molar-refractivity contribution is 5.90. The van der Waals surface area contributed by atoms with Crippen LogP contribution in [0.5, 0.6) is 0 Å². The van der Waals surface area contributed by atoms with Crippen molar-refractivity contribution in [1.82, 2.24) is 0 Å². The summed E-state index contributed by atoms with van der Waals surface area (Å²) in [5, 5.41) is 13.6. The van der Waals surface area contributed by atoms with Crippen LogP contribution in [0, 0.1) is 58.7 Å². The van der Waals surface area contributed by atoms with Gasteiger partial charge in [-0.15, -0.1) is 12.3 Å². The summed E-state index contributed by atoms with van der Waals surface area (Å²) >= 11 is 0. The predicted octanol–water partition coefficient (Wildman–Crippen LogP) is 7.94. The number of terminal acetylenes is 1. The average Bonchev–Trinajstić information content (AvgIpc) is 3.05. The van der Waals surface area contributed by atoms with Crippen molar-refractivity contribution in [2.24, 2.45) is 51.5 Å². The number of rotatable bonds is 8. The third-order valence-corrected chi connectivity index (χ3v) is 9.97. The Kier molecular flexibility index (Phi) is 7.63. The second-order valence-corrected chi connectivity index (χ2v) is 12.0. The number of unbranched alkanes of at least 4 members (excludes halogenated alkanes) is 1. The SMILES string of the molecule is C#CCCC[C@@]1(C)C(=NO)CC[C@H]2[C@@H]3CC[C@H]([C@H](C)CCCC(C)C)[C@@]3(C)CC[C@@H]21. The molecule has 3 aliphatic rings. The van der Waals surface area contributed by atoms with Gasteiger partial charge in [0.15, 0.2) is 0 Å². The van der Waals surface area contributed by atoms with E-state index in [1.165, 1.54) is 51.4 Å². The molecule has 0 saturated heterocycles. The van der Waals surface area contributed by atoms with Crippen LogP contribution in [0.4, 0.5) is 0 Å². The maximum atomic E-state index is 9.80. The van der Waals surface area contributed by atoms with E-state index in [-0.39, 0.29) is 5.41 Å². The van der Waals surface area contributed by atoms with Gasteiger partial charge in [0.2, 0.25) is 0 Å². The number of hydrogen-bond acceptors (Lipinski definition) is 2. The molecule has 0 aliphatic heterocycles. The largest absolute Gasteiger partial charge is 0.411 e. The molecular weight excluding hydrogens is 366 g/mol. The van der Waals surface area contributed by atoms with Crippen LogP contribution in [0.2, 0.25) is 0 Å². The molecule has 3 aliphatic carbocycles. The smallest absolute Gasteiger partial charge is 0.0632 e. The summed E-state index contributed by atoms with van der Waals surface area (Å²) in [6.45, 7) is 12.3. The molecule has 2 nitrogen and oxygen atoms in total. The van der Waals surface area contributed by atoms with Gasteiger partial charge in [-0.3, -0.25) is 0 Å². The van der Waals surface area contributed by atoms with E-state index in [2.05, 4.69) is 45.7 Å². The van der Waals surface area contributed by atoms with E-state index in [9.17, 15) is 5.21 Å². The molecule has 0 aromatic carbocycles. The Morgan fingerprint density at radius 1 is 1.07 bits per heavy atom. The molecule has 0 spiro atoms. The molecule has 3 rings (SSSR count). The van der Waals surface area contributed by atoms with Crippen molar-refractivity contribution >= 4 is 5.71 Å². The van der Waals surface area contributed by atoms with Crippen molar-refractivity contribution in [1.29, 1.82) is 0 Å². The van der Waals surface area contributed by atoms with Gasteiger partial charge in [-0.2, -0.15) is 0 Å². The Bertz CT molecular complexity index is 646. The fourth-order valence-corrected chi connectivity index (χ4v) is 8.36. The van der Waals surface area contributed by atoms with E-state index in [1.54, 1.807) is 0 Å². The molecule has 3 fully saturated rings. The molecule has 1 N–H and O–H groups in total. The van der Waals surface area contributed by atoms with Crippen molar-refractivity contribution in [2.75, 3.05) is 0 Å². The van der Waals surface area contributed by atoms with Gasteiger partial charge in [0, 0.05) is 11.8 Å². The summed E-state index contributed by atoms with van der Waals surface area (Å²) in [5.74, 6) is 7.73. The van der Waals surface area contributed by atoms with Crippen molar-refractivity contribution in [3.8, 4) is 12.3 Å². The van der Waals surface area contributed by atoms with Crippen LogP contribution in [0.15, 0.2) is 5.16 Å². The van der Waals surface area contributed by atoms with Crippen LogP contribution in [-0.4, -0.2) is 10.9 Å². The quantitative estimate of drug-likeness (QED) is 0.186. The minimum Gasteiger partial charge on any atom is -0.411 e. The van der Waals surface area contributed by atoms with Crippen LogP contribution in [-0.2, 0) is 0 Å². The molecule has 30 heavy (non-hydrogen) atoms. The molecule has 0 aromatic heterocycles. The second kappa shape index (κ2) is 9.67. The van der Waals surface area contributed by atoms with E-state index in [1.807, 2.05) is 0 Å². The molecule has 0 unspecified atom stereocenters. The molecule has 2 heteroatoms.